The fourth-order valence-electron chi connectivity index (χ4n) is 1.71. The van der Waals surface area contributed by atoms with Crippen molar-refractivity contribution in [3.8, 4) is 0 Å². The predicted molar refractivity (Wildman–Crippen MR) is 75.3 cm³/mol. The summed E-state index contributed by atoms with van der Waals surface area (Å²) < 4.78 is 5.06. The average Bonchev–Trinajstić information content (AvgIpc) is 2.44. The topological polar surface area (TPSA) is 93.4 Å². The van der Waals surface area contributed by atoms with Crippen LogP contribution in [-0.2, 0) is 16.1 Å². The molecule has 0 aliphatic carbocycles. The van der Waals surface area contributed by atoms with Crippen molar-refractivity contribution in [2.75, 3.05) is 0 Å². The van der Waals surface area contributed by atoms with Crippen LogP contribution in [0.1, 0.15) is 25.8 Å². The first-order valence-electron chi connectivity index (χ1n) is 6.50. The zero-order chi connectivity index (χ0) is 15.0. The molecule has 0 saturated heterocycles. The van der Waals surface area contributed by atoms with Gasteiger partial charge in [0.2, 0.25) is 0 Å². The van der Waals surface area contributed by atoms with Crippen LogP contribution in [0.3, 0.4) is 0 Å². The summed E-state index contributed by atoms with van der Waals surface area (Å²) in [5.41, 5.74) is 2.92. The van der Waals surface area contributed by atoms with E-state index in [4.69, 9.17) is 10.6 Å². The van der Waals surface area contributed by atoms with Crippen LogP contribution in [0.25, 0.3) is 0 Å². The van der Waals surface area contributed by atoms with Gasteiger partial charge in [-0.25, -0.2) is 10.6 Å². The molecule has 0 radical (unpaired) electrons. The second kappa shape index (κ2) is 8.16. The summed E-state index contributed by atoms with van der Waals surface area (Å²) in [5, 5.41) is 2.52. The van der Waals surface area contributed by atoms with E-state index in [2.05, 4.69) is 5.32 Å². The third-order valence-corrected chi connectivity index (χ3v) is 2.67. The molecule has 0 heterocycles. The first kappa shape index (κ1) is 16.0. The molecule has 0 aliphatic rings. The molecule has 0 spiro atoms. The van der Waals surface area contributed by atoms with Gasteiger partial charge in [0, 0.05) is 0 Å². The van der Waals surface area contributed by atoms with Gasteiger partial charge >= 0.3 is 6.09 Å². The number of rotatable bonds is 6. The quantitative estimate of drug-likeness (QED) is 0.416. The Kier molecular flexibility index (Phi) is 6.52. The van der Waals surface area contributed by atoms with E-state index in [1.165, 1.54) is 0 Å². The standard InChI is InChI=1S/C14H21N3O3/c1-10(2)8-12(13(18)17-15)16-14(19)20-9-11-6-4-3-5-7-11/h3-7,10,12H,8-9,15H2,1-2H3,(H,16,19)(H,17,18)/t12-/m0/s1. The summed E-state index contributed by atoms with van der Waals surface area (Å²) in [7, 11) is 0. The monoisotopic (exact) mass is 279 g/mol. The van der Waals surface area contributed by atoms with Crippen LogP contribution in [0.5, 0.6) is 0 Å². The molecule has 110 valence electrons. The number of amides is 2. The SMILES string of the molecule is CC(C)C[C@H](NC(=O)OCc1ccccc1)C(=O)NN. The Morgan fingerprint density at radius 2 is 1.90 bits per heavy atom. The maximum Gasteiger partial charge on any atom is 0.408 e. The Balaban J connectivity index is 2.47. The van der Waals surface area contributed by atoms with Crippen molar-refractivity contribution < 1.29 is 14.3 Å². The van der Waals surface area contributed by atoms with Crippen LogP contribution < -0.4 is 16.6 Å². The number of hydrazine groups is 1. The maximum atomic E-state index is 11.7. The van der Waals surface area contributed by atoms with Crippen LogP contribution in [-0.4, -0.2) is 18.0 Å². The number of nitrogens with two attached hydrogens (primary N) is 1. The predicted octanol–water partition coefficient (Wildman–Crippen LogP) is 1.32. The zero-order valence-electron chi connectivity index (χ0n) is 11.8. The van der Waals surface area contributed by atoms with Crippen molar-refractivity contribution in [1.82, 2.24) is 10.7 Å². The molecule has 1 aromatic rings. The highest BCUT2D eigenvalue weighted by molar-refractivity contribution is 5.85. The molecule has 4 N–H and O–H groups in total. The lowest BCUT2D eigenvalue weighted by molar-refractivity contribution is -0.123. The van der Waals surface area contributed by atoms with E-state index in [9.17, 15) is 9.59 Å². The minimum atomic E-state index is -0.691. The van der Waals surface area contributed by atoms with Crippen LogP contribution in [0.4, 0.5) is 4.79 Å². The summed E-state index contributed by atoms with van der Waals surface area (Å²) in [6, 6.07) is 8.62. The van der Waals surface area contributed by atoms with E-state index >= 15 is 0 Å². The molecule has 6 nitrogen and oxygen atoms in total. The number of benzene rings is 1. The summed E-state index contributed by atoms with van der Waals surface area (Å²) in [6.45, 7) is 4.06. The smallest absolute Gasteiger partial charge is 0.408 e. The molecule has 0 aromatic heterocycles. The third kappa shape index (κ3) is 5.71. The average molecular weight is 279 g/mol. The first-order valence-corrected chi connectivity index (χ1v) is 6.50. The molecule has 20 heavy (non-hydrogen) atoms. The van der Waals surface area contributed by atoms with Crippen molar-refractivity contribution in [2.45, 2.75) is 32.9 Å². The Morgan fingerprint density at radius 1 is 1.25 bits per heavy atom. The van der Waals surface area contributed by atoms with Gasteiger partial charge in [0.25, 0.3) is 5.91 Å². The highest BCUT2D eigenvalue weighted by Crippen LogP contribution is 2.06. The number of alkyl carbamates (subject to hydrolysis) is 1. The number of nitrogens with one attached hydrogen (secondary N) is 2. The summed E-state index contributed by atoms with van der Waals surface area (Å²) in [4.78, 5) is 23.2. The highest BCUT2D eigenvalue weighted by atomic mass is 16.5. The van der Waals surface area contributed by atoms with E-state index in [1.54, 1.807) is 0 Å². The molecule has 2 amide bonds. The van der Waals surface area contributed by atoms with Crippen molar-refractivity contribution in [2.24, 2.45) is 11.8 Å². The van der Waals surface area contributed by atoms with E-state index in [1.807, 2.05) is 49.6 Å². The van der Waals surface area contributed by atoms with Gasteiger partial charge in [-0.05, 0) is 17.9 Å². The molecule has 0 saturated carbocycles. The lowest BCUT2D eigenvalue weighted by atomic mass is 10.0. The van der Waals surface area contributed by atoms with E-state index in [0.29, 0.717) is 6.42 Å². The normalized spacial score (nSPS) is 11.8. The number of carbonyl (C=O) groups is 2. The summed E-state index contributed by atoms with van der Waals surface area (Å²) in [6.07, 6.45) is -0.146. The van der Waals surface area contributed by atoms with Crippen molar-refractivity contribution in [3.05, 3.63) is 35.9 Å². The van der Waals surface area contributed by atoms with Crippen LogP contribution in [0.15, 0.2) is 30.3 Å². The van der Waals surface area contributed by atoms with E-state index in [0.717, 1.165) is 5.56 Å². The van der Waals surface area contributed by atoms with Crippen LogP contribution in [0, 0.1) is 5.92 Å². The molecule has 1 rings (SSSR count). The van der Waals surface area contributed by atoms with E-state index < -0.39 is 18.0 Å². The Morgan fingerprint density at radius 3 is 2.45 bits per heavy atom. The number of hydrogen-bond acceptors (Lipinski definition) is 4. The van der Waals surface area contributed by atoms with Gasteiger partial charge in [0.15, 0.2) is 0 Å². The number of carbonyl (C=O) groups excluding carboxylic acids is 2. The van der Waals surface area contributed by atoms with Gasteiger partial charge in [0.1, 0.15) is 12.6 Å². The van der Waals surface area contributed by atoms with Crippen molar-refractivity contribution in [3.63, 3.8) is 0 Å². The van der Waals surface area contributed by atoms with Crippen LogP contribution >= 0.6 is 0 Å². The molecule has 6 heteroatoms. The Labute approximate surface area is 118 Å². The summed E-state index contributed by atoms with van der Waals surface area (Å²) >= 11 is 0. The Hall–Kier alpha value is -2.08. The molecule has 1 atom stereocenters. The fourth-order valence-corrected chi connectivity index (χ4v) is 1.71. The number of ether oxygens (including phenoxy) is 1. The van der Waals surface area contributed by atoms with Gasteiger partial charge in [-0.2, -0.15) is 0 Å². The molecule has 0 bridgehead atoms. The minimum absolute atomic E-state index is 0.158. The van der Waals surface area contributed by atoms with Gasteiger partial charge < -0.3 is 10.1 Å². The number of hydrogen-bond donors (Lipinski definition) is 3. The summed E-state index contributed by atoms with van der Waals surface area (Å²) in [5.74, 6) is 4.91. The molecule has 1 aromatic carbocycles. The van der Waals surface area contributed by atoms with Gasteiger partial charge in [-0.1, -0.05) is 44.2 Å². The van der Waals surface area contributed by atoms with Gasteiger partial charge in [-0.3, -0.25) is 10.2 Å². The molecule has 0 aliphatic heterocycles. The highest BCUT2D eigenvalue weighted by Gasteiger charge is 2.21. The van der Waals surface area contributed by atoms with E-state index in [-0.39, 0.29) is 12.5 Å². The fraction of sp³-hybridized carbons (Fsp3) is 0.429. The molecule has 0 unspecified atom stereocenters. The zero-order valence-corrected chi connectivity index (χ0v) is 11.8. The largest absolute Gasteiger partial charge is 0.445 e. The van der Waals surface area contributed by atoms with Crippen molar-refractivity contribution >= 4 is 12.0 Å². The Bertz CT molecular complexity index is 435. The van der Waals surface area contributed by atoms with Crippen LogP contribution in [0.2, 0.25) is 0 Å². The molecular weight excluding hydrogens is 258 g/mol. The lowest BCUT2D eigenvalue weighted by Crippen LogP contribution is -2.49. The van der Waals surface area contributed by atoms with Gasteiger partial charge in [-0.15, -0.1) is 0 Å². The molecule has 0 fully saturated rings. The second-order valence-corrected chi connectivity index (χ2v) is 4.90. The van der Waals surface area contributed by atoms with Gasteiger partial charge in [0.05, 0.1) is 0 Å². The molecular formula is C14H21N3O3. The third-order valence-electron chi connectivity index (χ3n) is 2.67. The van der Waals surface area contributed by atoms with Crippen molar-refractivity contribution in [1.29, 1.82) is 0 Å². The maximum absolute atomic E-state index is 11.7. The minimum Gasteiger partial charge on any atom is -0.445 e. The lowest BCUT2D eigenvalue weighted by Gasteiger charge is -2.18. The first-order chi connectivity index (χ1) is 9.52. The second-order valence-electron chi connectivity index (χ2n) is 4.90.